The van der Waals surface area contributed by atoms with Gasteiger partial charge in [0, 0.05) is 18.7 Å². The SMILES string of the molecule is CCc1cccc(CC)c1NC(=O)CN(C(C)=O)C1CCS(=O)(=O)C1. The number of hydrogen-bond donors (Lipinski definition) is 1. The van der Waals surface area contributed by atoms with E-state index in [1.54, 1.807) is 0 Å². The van der Waals surface area contributed by atoms with Gasteiger partial charge in [0.15, 0.2) is 9.84 Å². The van der Waals surface area contributed by atoms with Crippen molar-refractivity contribution >= 4 is 27.3 Å². The van der Waals surface area contributed by atoms with Crippen molar-refractivity contribution in [3.63, 3.8) is 0 Å². The van der Waals surface area contributed by atoms with Crippen LogP contribution in [0.4, 0.5) is 5.69 Å². The number of nitrogens with one attached hydrogen (secondary N) is 1. The van der Waals surface area contributed by atoms with Gasteiger partial charge in [-0.15, -0.1) is 0 Å². The highest BCUT2D eigenvalue weighted by Crippen LogP contribution is 2.23. The molecule has 1 atom stereocenters. The van der Waals surface area contributed by atoms with E-state index < -0.39 is 15.9 Å². The second-order valence-corrected chi connectivity index (χ2v) is 8.64. The lowest BCUT2D eigenvalue weighted by molar-refractivity contribution is -0.134. The first kappa shape index (κ1) is 19.4. The third-order valence-electron chi connectivity index (χ3n) is 4.63. The number of carbonyl (C=O) groups is 2. The molecule has 1 aromatic carbocycles. The summed E-state index contributed by atoms with van der Waals surface area (Å²) in [7, 11) is -3.12. The topological polar surface area (TPSA) is 83.6 Å². The Kier molecular flexibility index (Phi) is 6.21. The first-order valence-corrected chi connectivity index (χ1v) is 10.5. The maximum Gasteiger partial charge on any atom is 0.244 e. The first-order chi connectivity index (χ1) is 11.8. The summed E-state index contributed by atoms with van der Waals surface area (Å²) < 4.78 is 23.3. The number of amides is 2. The van der Waals surface area contributed by atoms with E-state index in [1.807, 2.05) is 32.0 Å². The fourth-order valence-corrected chi connectivity index (χ4v) is 4.99. The number of anilines is 1. The predicted octanol–water partition coefficient (Wildman–Crippen LogP) is 1.79. The normalized spacial score (nSPS) is 18.8. The molecule has 2 rings (SSSR count). The fraction of sp³-hybridized carbons (Fsp3) is 0.556. The van der Waals surface area contributed by atoms with Gasteiger partial charge in [0.25, 0.3) is 0 Å². The van der Waals surface area contributed by atoms with Crippen LogP contribution >= 0.6 is 0 Å². The quantitative estimate of drug-likeness (QED) is 0.832. The third kappa shape index (κ3) is 4.81. The molecule has 6 nitrogen and oxygen atoms in total. The lowest BCUT2D eigenvalue weighted by Gasteiger charge is -2.26. The number of sulfone groups is 1. The maximum atomic E-state index is 12.5. The van der Waals surface area contributed by atoms with Crippen LogP contribution in [0.15, 0.2) is 18.2 Å². The Hall–Kier alpha value is -1.89. The Bertz CT molecular complexity index is 736. The number of aryl methyl sites for hydroxylation is 2. The second kappa shape index (κ2) is 7.99. The average molecular weight is 366 g/mol. The highest BCUT2D eigenvalue weighted by atomic mass is 32.2. The second-order valence-electron chi connectivity index (χ2n) is 6.41. The lowest BCUT2D eigenvalue weighted by Crippen LogP contribution is -2.44. The van der Waals surface area contributed by atoms with Crippen LogP contribution in [0.1, 0.15) is 38.3 Å². The lowest BCUT2D eigenvalue weighted by atomic mass is 10.0. The van der Waals surface area contributed by atoms with E-state index in [9.17, 15) is 18.0 Å². The summed E-state index contributed by atoms with van der Waals surface area (Å²) in [5, 5.41) is 2.93. The number of carbonyl (C=O) groups excluding carboxylic acids is 2. The van der Waals surface area contributed by atoms with Crippen molar-refractivity contribution in [2.24, 2.45) is 0 Å². The van der Waals surface area contributed by atoms with Gasteiger partial charge in [-0.1, -0.05) is 32.0 Å². The molecule has 1 saturated heterocycles. The van der Waals surface area contributed by atoms with E-state index in [2.05, 4.69) is 5.32 Å². The summed E-state index contributed by atoms with van der Waals surface area (Å²) in [6.07, 6.45) is 1.97. The number of nitrogens with zero attached hydrogens (tertiary/aromatic N) is 1. The van der Waals surface area contributed by atoms with Crippen LogP contribution in [-0.2, 0) is 32.3 Å². The van der Waals surface area contributed by atoms with Crippen LogP contribution in [0.3, 0.4) is 0 Å². The summed E-state index contributed by atoms with van der Waals surface area (Å²) in [6, 6.07) is 5.50. The van der Waals surface area contributed by atoms with Crippen molar-refractivity contribution in [3.05, 3.63) is 29.3 Å². The molecule has 0 spiro atoms. The Morgan fingerprint density at radius 1 is 1.20 bits per heavy atom. The largest absolute Gasteiger partial charge is 0.330 e. The van der Waals surface area contributed by atoms with Gasteiger partial charge >= 0.3 is 0 Å². The van der Waals surface area contributed by atoms with E-state index in [1.165, 1.54) is 11.8 Å². The van der Waals surface area contributed by atoms with Gasteiger partial charge in [-0.2, -0.15) is 0 Å². The van der Waals surface area contributed by atoms with Crippen LogP contribution < -0.4 is 5.32 Å². The molecule has 2 amide bonds. The number of rotatable bonds is 6. The molecular formula is C18H26N2O4S. The molecule has 1 aromatic rings. The van der Waals surface area contributed by atoms with E-state index in [0.29, 0.717) is 6.42 Å². The average Bonchev–Trinajstić information content (AvgIpc) is 2.92. The molecule has 0 bridgehead atoms. The molecule has 0 aromatic heterocycles. The van der Waals surface area contributed by atoms with Gasteiger partial charge in [-0.3, -0.25) is 9.59 Å². The van der Waals surface area contributed by atoms with E-state index >= 15 is 0 Å². The number of para-hydroxylation sites is 1. The predicted molar refractivity (Wildman–Crippen MR) is 98.3 cm³/mol. The van der Waals surface area contributed by atoms with Crippen LogP contribution in [0, 0.1) is 0 Å². The van der Waals surface area contributed by atoms with Crippen molar-refractivity contribution in [1.29, 1.82) is 0 Å². The highest BCUT2D eigenvalue weighted by Gasteiger charge is 2.34. The Morgan fingerprint density at radius 2 is 1.80 bits per heavy atom. The van der Waals surface area contributed by atoms with Crippen LogP contribution in [-0.4, -0.2) is 49.2 Å². The molecule has 7 heteroatoms. The van der Waals surface area contributed by atoms with Crippen molar-refractivity contribution in [1.82, 2.24) is 4.90 Å². The molecule has 1 aliphatic rings. The molecule has 1 aliphatic heterocycles. The molecule has 25 heavy (non-hydrogen) atoms. The van der Waals surface area contributed by atoms with Crippen LogP contribution in [0.25, 0.3) is 0 Å². The minimum atomic E-state index is -3.12. The fourth-order valence-electron chi connectivity index (χ4n) is 3.26. The van der Waals surface area contributed by atoms with Gasteiger partial charge in [-0.25, -0.2) is 8.42 Å². The summed E-state index contributed by atoms with van der Waals surface area (Å²) >= 11 is 0. The molecule has 1 heterocycles. The summed E-state index contributed by atoms with van der Waals surface area (Å²) in [5.41, 5.74) is 2.90. The smallest absolute Gasteiger partial charge is 0.244 e. The molecule has 138 valence electrons. The minimum absolute atomic E-state index is 0.0639. The molecule has 0 radical (unpaired) electrons. The molecule has 1 fully saturated rings. The summed E-state index contributed by atoms with van der Waals surface area (Å²) in [4.78, 5) is 25.8. The Balaban J connectivity index is 2.14. The zero-order chi connectivity index (χ0) is 18.6. The number of hydrogen-bond acceptors (Lipinski definition) is 4. The third-order valence-corrected chi connectivity index (χ3v) is 6.38. The molecule has 1 unspecified atom stereocenters. The Morgan fingerprint density at radius 3 is 2.24 bits per heavy atom. The molecule has 0 aliphatic carbocycles. The van der Waals surface area contributed by atoms with Crippen molar-refractivity contribution in [3.8, 4) is 0 Å². The van der Waals surface area contributed by atoms with Crippen molar-refractivity contribution in [2.75, 3.05) is 23.4 Å². The van der Waals surface area contributed by atoms with Gasteiger partial charge in [-0.05, 0) is 30.4 Å². The number of benzene rings is 1. The molecule has 0 saturated carbocycles. The standard InChI is InChI=1S/C18H26N2O4S/c1-4-14-7-6-8-15(5-2)18(14)19-17(22)11-20(13(3)21)16-9-10-25(23,24)12-16/h6-8,16H,4-5,9-12H2,1-3H3,(H,19,22). The Labute approximate surface area is 149 Å². The van der Waals surface area contributed by atoms with Crippen molar-refractivity contribution < 1.29 is 18.0 Å². The van der Waals surface area contributed by atoms with E-state index in [-0.39, 0.29) is 29.9 Å². The van der Waals surface area contributed by atoms with Gasteiger partial charge in [0.05, 0.1) is 11.5 Å². The van der Waals surface area contributed by atoms with E-state index in [4.69, 9.17) is 0 Å². The van der Waals surface area contributed by atoms with Crippen molar-refractivity contribution in [2.45, 2.75) is 46.1 Å². The first-order valence-electron chi connectivity index (χ1n) is 8.65. The molecule has 1 N–H and O–H groups in total. The summed E-state index contributed by atoms with van der Waals surface area (Å²) in [6.45, 7) is 5.29. The zero-order valence-corrected chi connectivity index (χ0v) is 15.9. The monoisotopic (exact) mass is 366 g/mol. The van der Waals surface area contributed by atoms with Gasteiger partial charge in [0.2, 0.25) is 11.8 Å². The van der Waals surface area contributed by atoms with Crippen LogP contribution in [0.5, 0.6) is 0 Å². The molecular weight excluding hydrogens is 340 g/mol. The highest BCUT2D eigenvalue weighted by molar-refractivity contribution is 7.91. The van der Waals surface area contributed by atoms with E-state index in [0.717, 1.165) is 29.7 Å². The minimum Gasteiger partial charge on any atom is -0.330 e. The maximum absolute atomic E-state index is 12.5. The zero-order valence-electron chi connectivity index (χ0n) is 15.0. The van der Waals surface area contributed by atoms with Gasteiger partial charge in [0.1, 0.15) is 6.54 Å². The van der Waals surface area contributed by atoms with Gasteiger partial charge < -0.3 is 10.2 Å². The van der Waals surface area contributed by atoms with Crippen LogP contribution in [0.2, 0.25) is 0 Å². The summed E-state index contributed by atoms with van der Waals surface area (Å²) in [5.74, 6) is -0.570.